The van der Waals surface area contributed by atoms with Gasteiger partial charge in [-0.1, -0.05) is 24.3 Å². The van der Waals surface area contributed by atoms with E-state index in [9.17, 15) is 4.79 Å². The van der Waals surface area contributed by atoms with E-state index in [2.05, 4.69) is 39.4 Å². The van der Waals surface area contributed by atoms with Crippen LogP contribution in [0, 0.1) is 5.92 Å². The van der Waals surface area contributed by atoms with Gasteiger partial charge in [0.15, 0.2) is 0 Å². The average molecular weight is 331 g/mol. The molecule has 2 fully saturated rings. The molecule has 1 aromatic rings. The molecule has 0 spiro atoms. The molecule has 3 rings (SSSR count). The molecule has 0 radical (unpaired) electrons. The first-order chi connectivity index (χ1) is 11.7. The minimum atomic E-state index is 0.0646. The molecular formula is C19H29N3O2. The predicted octanol–water partition coefficient (Wildman–Crippen LogP) is 1.21. The van der Waals surface area contributed by atoms with Gasteiger partial charge in [0.05, 0.1) is 6.54 Å². The van der Waals surface area contributed by atoms with Gasteiger partial charge >= 0.3 is 0 Å². The number of amides is 1. The summed E-state index contributed by atoms with van der Waals surface area (Å²) < 4.78 is 0. The molecule has 2 N–H and O–H groups in total. The van der Waals surface area contributed by atoms with Gasteiger partial charge < -0.3 is 10.4 Å². The van der Waals surface area contributed by atoms with Crippen LogP contribution in [0.3, 0.4) is 0 Å². The van der Waals surface area contributed by atoms with Crippen molar-refractivity contribution in [3.63, 3.8) is 0 Å². The number of carbonyl (C=O) groups excluding carboxylic acids is 1. The highest BCUT2D eigenvalue weighted by atomic mass is 16.3. The second-order valence-electron chi connectivity index (χ2n) is 7.15. The van der Waals surface area contributed by atoms with E-state index in [1.165, 1.54) is 31.5 Å². The molecule has 5 nitrogen and oxygen atoms in total. The van der Waals surface area contributed by atoms with Crippen LogP contribution < -0.4 is 5.32 Å². The number of hydrogen-bond donors (Lipinski definition) is 2. The lowest BCUT2D eigenvalue weighted by Crippen LogP contribution is -2.35. The van der Waals surface area contributed by atoms with Gasteiger partial charge in [-0.2, -0.15) is 0 Å². The molecule has 0 saturated carbocycles. The normalized spacial score (nSPS) is 22.1. The largest absolute Gasteiger partial charge is 0.396 e. The molecule has 0 aromatic heterocycles. The first kappa shape index (κ1) is 17.4. The molecule has 2 saturated heterocycles. The SMILES string of the molecule is O=C(CN1CCC(CO)C1)NCc1ccc(CN2CCCC2)cc1. The summed E-state index contributed by atoms with van der Waals surface area (Å²) in [7, 11) is 0. The van der Waals surface area contributed by atoms with Crippen molar-refractivity contribution in [2.24, 2.45) is 5.92 Å². The van der Waals surface area contributed by atoms with Crippen LogP contribution in [0.5, 0.6) is 0 Å². The van der Waals surface area contributed by atoms with Crippen molar-refractivity contribution in [2.45, 2.75) is 32.4 Å². The smallest absolute Gasteiger partial charge is 0.234 e. The number of aliphatic hydroxyl groups is 1. The van der Waals surface area contributed by atoms with Gasteiger partial charge in [-0.25, -0.2) is 0 Å². The molecule has 2 heterocycles. The summed E-state index contributed by atoms with van der Waals surface area (Å²) in [5.74, 6) is 0.399. The summed E-state index contributed by atoms with van der Waals surface area (Å²) in [6.07, 6.45) is 3.63. The van der Waals surface area contributed by atoms with Crippen molar-refractivity contribution < 1.29 is 9.90 Å². The van der Waals surface area contributed by atoms with Crippen LogP contribution in [0.2, 0.25) is 0 Å². The number of rotatable bonds is 7. The molecular weight excluding hydrogens is 302 g/mol. The van der Waals surface area contributed by atoms with Gasteiger partial charge in [0, 0.05) is 26.2 Å². The highest BCUT2D eigenvalue weighted by molar-refractivity contribution is 5.78. The first-order valence-electron chi connectivity index (χ1n) is 9.13. The standard InChI is InChI=1S/C19H29N3O2/c23-15-18-7-10-22(13-18)14-19(24)20-11-16-3-5-17(6-4-16)12-21-8-1-2-9-21/h3-6,18,23H,1-2,7-15H2,(H,20,24). The fourth-order valence-electron chi connectivity index (χ4n) is 3.63. The summed E-state index contributed by atoms with van der Waals surface area (Å²) in [4.78, 5) is 16.7. The van der Waals surface area contributed by atoms with Crippen LogP contribution in [-0.2, 0) is 17.9 Å². The fourth-order valence-corrected chi connectivity index (χ4v) is 3.63. The van der Waals surface area contributed by atoms with Crippen LogP contribution >= 0.6 is 0 Å². The van der Waals surface area contributed by atoms with E-state index >= 15 is 0 Å². The lowest BCUT2D eigenvalue weighted by Gasteiger charge is -2.16. The van der Waals surface area contributed by atoms with Gasteiger partial charge in [-0.05, 0) is 55.9 Å². The Bertz CT molecular complexity index is 526. The van der Waals surface area contributed by atoms with Crippen LogP contribution in [0.4, 0.5) is 0 Å². The van der Waals surface area contributed by atoms with Crippen molar-refractivity contribution in [1.82, 2.24) is 15.1 Å². The zero-order valence-electron chi connectivity index (χ0n) is 14.4. The van der Waals surface area contributed by atoms with E-state index in [0.29, 0.717) is 19.0 Å². The summed E-state index contributed by atoms with van der Waals surface area (Å²) >= 11 is 0. The van der Waals surface area contributed by atoms with E-state index in [1.54, 1.807) is 0 Å². The summed E-state index contributed by atoms with van der Waals surface area (Å²) in [6.45, 7) is 6.44. The van der Waals surface area contributed by atoms with Crippen molar-refractivity contribution in [3.8, 4) is 0 Å². The minimum Gasteiger partial charge on any atom is -0.396 e. The number of aliphatic hydroxyl groups excluding tert-OH is 1. The lowest BCUT2D eigenvalue weighted by atomic mass is 10.1. The molecule has 2 aliphatic heterocycles. The lowest BCUT2D eigenvalue weighted by molar-refractivity contribution is -0.122. The zero-order valence-corrected chi connectivity index (χ0v) is 14.4. The Balaban J connectivity index is 1.38. The topological polar surface area (TPSA) is 55.8 Å². The Morgan fingerprint density at radius 3 is 2.46 bits per heavy atom. The molecule has 1 atom stereocenters. The van der Waals surface area contributed by atoms with Crippen LogP contribution in [-0.4, -0.2) is 60.1 Å². The number of nitrogens with one attached hydrogen (secondary N) is 1. The highest BCUT2D eigenvalue weighted by Gasteiger charge is 2.23. The maximum Gasteiger partial charge on any atom is 0.234 e. The van der Waals surface area contributed by atoms with Crippen molar-refractivity contribution in [1.29, 1.82) is 0 Å². The van der Waals surface area contributed by atoms with Gasteiger partial charge in [-0.15, -0.1) is 0 Å². The van der Waals surface area contributed by atoms with Crippen LogP contribution in [0.15, 0.2) is 24.3 Å². The summed E-state index contributed by atoms with van der Waals surface area (Å²) in [5, 5.41) is 12.1. The maximum atomic E-state index is 12.0. The molecule has 1 unspecified atom stereocenters. The molecule has 5 heteroatoms. The first-order valence-corrected chi connectivity index (χ1v) is 9.13. The van der Waals surface area contributed by atoms with E-state index in [1.807, 2.05) is 0 Å². The summed E-state index contributed by atoms with van der Waals surface area (Å²) in [5.41, 5.74) is 2.49. The Kier molecular flexibility index (Phi) is 6.24. The zero-order chi connectivity index (χ0) is 16.8. The van der Waals surface area contributed by atoms with Crippen LogP contribution in [0.25, 0.3) is 0 Å². The third-order valence-electron chi connectivity index (χ3n) is 5.11. The van der Waals surface area contributed by atoms with Gasteiger partial charge in [0.1, 0.15) is 0 Å². The van der Waals surface area contributed by atoms with Crippen molar-refractivity contribution in [3.05, 3.63) is 35.4 Å². The minimum absolute atomic E-state index is 0.0646. The molecule has 132 valence electrons. The Morgan fingerprint density at radius 1 is 1.08 bits per heavy atom. The third-order valence-corrected chi connectivity index (χ3v) is 5.11. The van der Waals surface area contributed by atoms with E-state index < -0.39 is 0 Å². The molecule has 1 amide bonds. The number of likely N-dealkylation sites (tertiary alicyclic amines) is 2. The highest BCUT2D eigenvalue weighted by Crippen LogP contribution is 2.15. The second-order valence-corrected chi connectivity index (χ2v) is 7.15. The monoisotopic (exact) mass is 331 g/mol. The number of benzene rings is 1. The quantitative estimate of drug-likeness (QED) is 0.789. The van der Waals surface area contributed by atoms with E-state index in [4.69, 9.17) is 5.11 Å². The van der Waals surface area contributed by atoms with Gasteiger partial charge in [0.2, 0.25) is 5.91 Å². The molecule has 2 aliphatic rings. The number of nitrogens with zero attached hydrogens (tertiary/aromatic N) is 2. The molecule has 24 heavy (non-hydrogen) atoms. The number of hydrogen-bond acceptors (Lipinski definition) is 4. The van der Waals surface area contributed by atoms with E-state index in [-0.39, 0.29) is 12.5 Å². The average Bonchev–Trinajstić information content (AvgIpc) is 3.26. The van der Waals surface area contributed by atoms with Crippen molar-refractivity contribution >= 4 is 5.91 Å². The van der Waals surface area contributed by atoms with E-state index in [0.717, 1.165) is 31.6 Å². The molecule has 1 aromatic carbocycles. The predicted molar refractivity (Wildman–Crippen MR) is 94.4 cm³/mol. The summed E-state index contributed by atoms with van der Waals surface area (Å²) in [6, 6.07) is 8.57. The molecule has 0 aliphatic carbocycles. The molecule has 0 bridgehead atoms. The van der Waals surface area contributed by atoms with Crippen molar-refractivity contribution in [2.75, 3.05) is 39.3 Å². The van der Waals surface area contributed by atoms with Gasteiger partial charge in [0.25, 0.3) is 0 Å². The van der Waals surface area contributed by atoms with Crippen LogP contribution in [0.1, 0.15) is 30.4 Å². The second kappa shape index (κ2) is 8.60. The Labute approximate surface area is 144 Å². The fraction of sp³-hybridized carbons (Fsp3) is 0.632. The van der Waals surface area contributed by atoms with Gasteiger partial charge in [-0.3, -0.25) is 14.6 Å². The third kappa shape index (κ3) is 5.03. The Hall–Kier alpha value is -1.43. The number of carbonyl (C=O) groups is 1. The maximum absolute atomic E-state index is 12.0. The Morgan fingerprint density at radius 2 is 1.79 bits per heavy atom.